The molecular formula is C28H43ClF3N3O2Si. The number of carbonyl (C=O) groups excluding carboxylic acids is 1. The summed E-state index contributed by atoms with van der Waals surface area (Å²) in [7, 11) is -1.84. The number of anilines is 1. The molecule has 2 aliphatic heterocycles. The minimum Gasteiger partial charge on any atom is -0.412 e. The van der Waals surface area contributed by atoms with Gasteiger partial charge in [0.2, 0.25) is 5.91 Å². The lowest BCUT2D eigenvalue weighted by atomic mass is 9.90. The van der Waals surface area contributed by atoms with Crippen LogP contribution in [0.3, 0.4) is 0 Å². The Hall–Kier alpha value is -1.29. The lowest BCUT2D eigenvalue weighted by Gasteiger charge is -2.46. The fraction of sp³-hybridized carbons (Fsp3) is 0.750. The molecule has 1 aromatic rings. The van der Waals surface area contributed by atoms with Crippen LogP contribution in [0.2, 0.25) is 23.2 Å². The predicted molar refractivity (Wildman–Crippen MR) is 149 cm³/mol. The average molecular weight is 574 g/mol. The van der Waals surface area contributed by atoms with E-state index in [4.69, 9.17) is 16.0 Å². The van der Waals surface area contributed by atoms with Crippen molar-refractivity contribution in [2.24, 2.45) is 5.41 Å². The number of carbonyl (C=O) groups is 1. The minimum atomic E-state index is -4.50. The van der Waals surface area contributed by atoms with Crippen molar-refractivity contribution < 1.29 is 22.4 Å². The zero-order valence-electron chi connectivity index (χ0n) is 23.6. The van der Waals surface area contributed by atoms with Crippen LogP contribution in [0, 0.1) is 5.41 Å². The summed E-state index contributed by atoms with van der Waals surface area (Å²) in [4.78, 5) is 19.4. The molecule has 2 heterocycles. The summed E-state index contributed by atoms with van der Waals surface area (Å²) in [6.07, 6.45) is 0.446. The van der Waals surface area contributed by atoms with Gasteiger partial charge in [-0.25, -0.2) is 0 Å². The standard InChI is InChI=1S/C28H43ClF3N3O2Si/c1-20-25(36)34(16-17-35(20)21-8-9-22(23(29)18-21)28(30,31)32)14-7-13-33-15-12-27(10-11-27)24(19-33)37-38(5,6)26(2,3)4/h8-9,18,20,24H,7,10-17,19H2,1-6H3. The number of benzene rings is 1. The number of halogens is 4. The summed E-state index contributed by atoms with van der Waals surface area (Å²) in [6.45, 7) is 18.2. The third-order valence-electron chi connectivity index (χ3n) is 9.41. The topological polar surface area (TPSA) is 36.0 Å². The van der Waals surface area contributed by atoms with E-state index in [2.05, 4.69) is 38.8 Å². The molecule has 2 unspecified atom stereocenters. The highest BCUT2D eigenvalue weighted by molar-refractivity contribution is 6.74. The first kappa shape index (κ1) is 29.7. The van der Waals surface area contributed by atoms with Gasteiger partial charge in [0.1, 0.15) is 6.04 Å². The molecule has 4 rings (SSSR count). The van der Waals surface area contributed by atoms with Gasteiger partial charge in [0.15, 0.2) is 8.32 Å². The molecule has 0 N–H and O–H groups in total. The largest absolute Gasteiger partial charge is 0.417 e. The Morgan fingerprint density at radius 3 is 2.34 bits per heavy atom. The van der Waals surface area contributed by atoms with E-state index in [0.717, 1.165) is 32.1 Å². The first-order valence-electron chi connectivity index (χ1n) is 13.9. The number of alkyl halides is 3. The maximum absolute atomic E-state index is 13.1. The fourth-order valence-electron chi connectivity index (χ4n) is 5.59. The highest BCUT2D eigenvalue weighted by Gasteiger charge is 2.55. The number of likely N-dealkylation sites (tertiary alicyclic amines) is 1. The van der Waals surface area contributed by atoms with Crippen molar-refractivity contribution in [1.29, 1.82) is 0 Å². The number of piperidine rings is 1. The predicted octanol–water partition coefficient (Wildman–Crippen LogP) is 6.66. The monoisotopic (exact) mass is 573 g/mol. The van der Waals surface area contributed by atoms with Crippen molar-refractivity contribution in [2.45, 2.75) is 89.8 Å². The molecule has 10 heteroatoms. The zero-order chi connectivity index (χ0) is 28.1. The Bertz CT molecular complexity index is 1030. The second-order valence-corrected chi connectivity index (χ2v) is 18.2. The zero-order valence-corrected chi connectivity index (χ0v) is 25.4. The number of hydrogen-bond donors (Lipinski definition) is 0. The van der Waals surface area contributed by atoms with Gasteiger partial charge in [0.25, 0.3) is 0 Å². The summed E-state index contributed by atoms with van der Waals surface area (Å²) < 4.78 is 46.2. The van der Waals surface area contributed by atoms with Gasteiger partial charge in [-0.1, -0.05) is 32.4 Å². The summed E-state index contributed by atoms with van der Waals surface area (Å²) in [6, 6.07) is 3.26. The first-order chi connectivity index (χ1) is 17.5. The van der Waals surface area contributed by atoms with Gasteiger partial charge in [0.05, 0.1) is 16.7 Å². The molecule has 38 heavy (non-hydrogen) atoms. The Morgan fingerprint density at radius 1 is 1.08 bits per heavy atom. The van der Waals surface area contributed by atoms with Crippen LogP contribution in [0.1, 0.15) is 58.9 Å². The molecule has 3 aliphatic rings. The Balaban J connectivity index is 1.29. The van der Waals surface area contributed by atoms with E-state index in [-0.39, 0.29) is 16.0 Å². The van der Waals surface area contributed by atoms with Gasteiger partial charge in [-0.05, 0) is 87.4 Å². The molecule has 0 radical (unpaired) electrons. The number of amides is 1. The number of rotatable bonds is 7. The van der Waals surface area contributed by atoms with Crippen molar-refractivity contribution >= 4 is 31.5 Å². The second kappa shape index (κ2) is 10.6. The molecule has 5 nitrogen and oxygen atoms in total. The third-order valence-corrected chi connectivity index (χ3v) is 14.2. The van der Waals surface area contributed by atoms with E-state index in [1.807, 2.05) is 16.7 Å². The fourth-order valence-corrected chi connectivity index (χ4v) is 7.27. The van der Waals surface area contributed by atoms with Crippen molar-refractivity contribution in [3.8, 4) is 0 Å². The highest BCUT2D eigenvalue weighted by Crippen LogP contribution is 2.56. The van der Waals surface area contributed by atoms with Crippen molar-refractivity contribution in [2.75, 3.05) is 44.2 Å². The quantitative estimate of drug-likeness (QED) is 0.342. The van der Waals surface area contributed by atoms with Crippen LogP contribution in [-0.4, -0.2) is 75.4 Å². The maximum Gasteiger partial charge on any atom is 0.417 e. The smallest absolute Gasteiger partial charge is 0.412 e. The summed E-state index contributed by atoms with van der Waals surface area (Å²) in [5.74, 6) is 0.00184. The summed E-state index contributed by atoms with van der Waals surface area (Å²) in [5.41, 5.74) is 0.0657. The van der Waals surface area contributed by atoms with Crippen LogP contribution in [0.25, 0.3) is 0 Å². The van der Waals surface area contributed by atoms with Gasteiger partial charge in [-0.2, -0.15) is 13.2 Å². The summed E-state index contributed by atoms with van der Waals surface area (Å²) >= 11 is 5.92. The van der Waals surface area contributed by atoms with Crippen LogP contribution < -0.4 is 4.90 Å². The van der Waals surface area contributed by atoms with Crippen molar-refractivity contribution in [1.82, 2.24) is 9.80 Å². The third kappa shape index (κ3) is 6.21. The molecule has 0 aromatic heterocycles. The molecule has 1 aromatic carbocycles. The van der Waals surface area contributed by atoms with Crippen LogP contribution in [0.4, 0.5) is 18.9 Å². The van der Waals surface area contributed by atoms with E-state index < -0.39 is 26.1 Å². The highest BCUT2D eigenvalue weighted by atomic mass is 35.5. The number of hydrogen-bond acceptors (Lipinski definition) is 4. The lowest BCUT2D eigenvalue weighted by Crippen LogP contribution is -2.56. The van der Waals surface area contributed by atoms with Gasteiger partial charge in [-0.15, -0.1) is 0 Å². The molecule has 1 amide bonds. The van der Waals surface area contributed by atoms with Gasteiger partial charge in [0, 0.05) is 31.9 Å². The summed E-state index contributed by atoms with van der Waals surface area (Å²) in [5, 5.41) is -0.154. The number of piperazine rings is 1. The van der Waals surface area contributed by atoms with E-state index in [0.29, 0.717) is 36.8 Å². The number of nitrogens with zero attached hydrogens (tertiary/aromatic N) is 3. The minimum absolute atomic E-state index is 0.00184. The molecule has 1 spiro atoms. The normalized spacial score (nSPS) is 24.8. The molecule has 0 bridgehead atoms. The molecule has 214 valence electrons. The Morgan fingerprint density at radius 2 is 1.76 bits per heavy atom. The molecule has 1 saturated carbocycles. The van der Waals surface area contributed by atoms with Crippen molar-refractivity contribution in [3.05, 3.63) is 28.8 Å². The average Bonchev–Trinajstić information content (AvgIpc) is 3.57. The van der Waals surface area contributed by atoms with Gasteiger partial charge >= 0.3 is 6.18 Å². The molecular weight excluding hydrogens is 531 g/mol. The first-order valence-corrected chi connectivity index (χ1v) is 17.2. The SMILES string of the molecule is CC1C(=O)N(CCCN2CCC3(CC3)C(O[Si](C)(C)C(C)(C)C)C2)CCN1c1ccc(C(F)(F)F)c(Cl)c1. The lowest BCUT2D eigenvalue weighted by molar-refractivity contribution is -0.137. The van der Waals surface area contributed by atoms with E-state index in [9.17, 15) is 18.0 Å². The van der Waals surface area contributed by atoms with Gasteiger partial charge in [-0.3, -0.25) is 4.79 Å². The van der Waals surface area contributed by atoms with E-state index >= 15 is 0 Å². The van der Waals surface area contributed by atoms with Crippen LogP contribution in [-0.2, 0) is 15.4 Å². The second-order valence-electron chi connectivity index (χ2n) is 13.0. The Labute approximate surface area is 231 Å². The van der Waals surface area contributed by atoms with Crippen LogP contribution >= 0.6 is 11.6 Å². The van der Waals surface area contributed by atoms with Crippen molar-refractivity contribution in [3.63, 3.8) is 0 Å². The van der Waals surface area contributed by atoms with E-state index in [1.54, 1.807) is 0 Å². The molecule has 2 atom stereocenters. The van der Waals surface area contributed by atoms with E-state index in [1.165, 1.54) is 31.4 Å². The Kier molecular flexibility index (Phi) is 8.28. The van der Waals surface area contributed by atoms with Gasteiger partial charge < -0.3 is 19.1 Å². The van der Waals surface area contributed by atoms with Crippen LogP contribution in [0.5, 0.6) is 0 Å². The molecule has 1 aliphatic carbocycles. The molecule has 2 saturated heterocycles. The maximum atomic E-state index is 13.1. The molecule has 3 fully saturated rings. The van der Waals surface area contributed by atoms with Crippen LogP contribution in [0.15, 0.2) is 18.2 Å².